The van der Waals surface area contributed by atoms with E-state index in [1.165, 1.54) is 6.08 Å². The molecular formula is C22H15BrF6N2O2. The molecule has 4 nitrogen and oxygen atoms in total. The first kappa shape index (κ1) is 23.2. The second kappa shape index (κ2) is 7.82. The summed E-state index contributed by atoms with van der Waals surface area (Å²) < 4.78 is 92.4. The average Bonchev–Trinajstić information content (AvgIpc) is 3.13. The minimum absolute atomic E-state index is 0.0652. The smallest absolute Gasteiger partial charge is 0.407 e. The third-order valence-corrected chi connectivity index (χ3v) is 6.15. The van der Waals surface area contributed by atoms with E-state index in [0.717, 1.165) is 16.6 Å². The van der Waals surface area contributed by atoms with Crippen LogP contribution in [0, 0.1) is 5.92 Å². The number of phenolic OH excluding ortho intramolecular Hbond substituents is 1. The van der Waals surface area contributed by atoms with Crippen molar-refractivity contribution in [3.63, 3.8) is 0 Å². The van der Waals surface area contributed by atoms with E-state index in [9.17, 15) is 31.4 Å². The van der Waals surface area contributed by atoms with E-state index in [0.29, 0.717) is 17.7 Å². The van der Waals surface area contributed by atoms with Gasteiger partial charge in [0.25, 0.3) is 0 Å². The molecule has 1 aliphatic carbocycles. The summed E-state index contributed by atoms with van der Waals surface area (Å²) in [5.41, 5.74) is -0.102. The number of alkyl halides is 6. The molecule has 33 heavy (non-hydrogen) atoms. The van der Waals surface area contributed by atoms with Crippen LogP contribution in [0.3, 0.4) is 0 Å². The van der Waals surface area contributed by atoms with E-state index in [4.69, 9.17) is 10.2 Å². The highest BCUT2D eigenvalue weighted by molar-refractivity contribution is 9.10. The van der Waals surface area contributed by atoms with Gasteiger partial charge in [0.1, 0.15) is 11.1 Å². The lowest BCUT2D eigenvalue weighted by molar-refractivity contribution is -0.313. The first-order chi connectivity index (χ1) is 15.3. The third kappa shape index (κ3) is 3.77. The highest BCUT2D eigenvalue weighted by atomic mass is 79.9. The number of oxazole rings is 1. The van der Waals surface area contributed by atoms with E-state index >= 15 is 0 Å². The van der Waals surface area contributed by atoms with Crippen LogP contribution in [0.5, 0.6) is 5.75 Å². The number of nitrogens with two attached hydrogens (primary N) is 1. The van der Waals surface area contributed by atoms with Gasteiger partial charge in [0.2, 0.25) is 5.89 Å². The number of anilines is 1. The van der Waals surface area contributed by atoms with Crippen LogP contribution < -0.4 is 16.5 Å². The van der Waals surface area contributed by atoms with Gasteiger partial charge < -0.3 is 15.3 Å². The number of rotatable bonds is 3. The molecule has 0 fully saturated rings. The molecule has 1 atom stereocenters. The molecule has 1 heterocycles. The second-order valence-electron chi connectivity index (χ2n) is 7.57. The largest absolute Gasteiger partial charge is 0.506 e. The van der Waals surface area contributed by atoms with Crippen LogP contribution in [-0.2, 0) is 5.41 Å². The Morgan fingerprint density at radius 3 is 2.21 bits per heavy atom. The Balaban J connectivity index is 1.92. The normalized spacial score (nSPS) is 16.6. The molecule has 174 valence electrons. The Hall–Kier alpha value is -2.95. The fourth-order valence-corrected chi connectivity index (χ4v) is 4.29. The summed E-state index contributed by atoms with van der Waals surface area (Å²) in [5, 5.41) is 9.95. The van der Waals surface area contributed by atoms with Crippen molar-refractivity contribution in [1.82, 2.24) is 4.98 Å². The SMILES string of the molecule is Nc1ccc(C(C2C=c3oc(-c4ccc(Br)cc4)nc3=CC2)(C(F)(F)F)C(F)(F)F)cc1O. The van der Waals surface area contributed by atoms with Crippen molar-refractivity contribution >= 4 is 33.8 Å². The minimum atomic E-state index is -5.76. The highest BCUT2D eigenvalue weighted by Crippen LogP contribution is 2.58. The van der Waals surface area contributed by atoms with Gasteiger partial charge in [-0.05, 0) is 54.5 Å². The van der Waals surface area contributed by atoms with Gasteiger partial charge >= 0.3 is 12.4 Å². The van der Waals surface area contributed by atoms with Crippen LogP contribution in [-0.4, -0.2) is 22.4 Å². The number of halogens is 7. The van der Waals surface area contributed by atoms with Gasteiger partial charge in [-0.2, -0.15) is 26.3 Å². The highest BCUT2D eigenvalue weighted by Gasteiger charge is 2.74. The van der Waals surface area contributed by atoms with E-state index in [-0.39, 0.29) is 22.3 Å². The van der Waals surface area contributed by atoms with Crippen LogP contribution in [0.15, 0.2) is 51.4 Å². The summed E-state index contributed by atoms with van der Waals surface area (Å²) in [6.07, 6.45) is -10.1. The summed E-state index contributed by atoms with van der Waals surface area (Å²) in [4.78, 5) is 4.20. The molecule has 1 unspecified atom stereocenters. The average molecular weight is 533 g/mol. The molecule has 11 heteroatoms. The summed E-state index contributed by atoms with van der Waals surface area (Å²) in [6, 6.07) is 8.54. The lowest BCUT2D eigenvalue weighted by atomic mass is 9.66. The van der Waals surface area contributed by atoms with Crippen molar-refractivity contribution in [3.05, 3.63) is 63.3 Å². The number of aromatic hydroxyl groups is 1. The van der Waals surface area contributed by atoms with Crippen LogP contribution in [0.4, 0.5) is 32.0 Å². The van der Waals surface area contributed by atoms with E-state index < -0.39 is 41.4 Å². The Kier molecular flexibility index (Phi) is 5.50. The van der Waals surface area contributed by atoms with Gasteiger partial charge in [-0.3, -0.25) is 0 Å². The van der Waals surface area contributed by atoms with Crippen molar-refractivity contribution in [1.29, 1.82) is 0 Å². The van der Waals surface area contributed by atoms with Crippen molar-refractivity contribution in [2.24, 2.45) is 5.92 Å². The number of nitrogens with zero attached hydrogens (tertiary/aromatic N) is 1. The Morgan fingerprint density at radius 2 is 1.64 bits per heavy atom. The summed E-state index contributed by atoms with van der Waals surface area (Å²) >= 11 is 3.27. The molecule has 2 aromatic carbocycles. The fraction of sp³-hybridized carbons (Fsp3) is 0.227. The minimum Gasteiger partial charge on any atom is -0.506 e. The summed E-state index contributed by atoms with van der Waals surface area (Å²) in [5.74, 6) is -2.92. The standard InChI is InChI=1S/C22H15BrF6N2O2/c23-14-5-1-11(2-6-14)19-31-16-8-4-13(10-18(16)33-19)20(21(24,25)26,22(27,28)29)12-3-7-15(30)17(32)9-12/h1-3,5-10,13,32H,4,30H2. The quantitative estimate of drug-likeness (QED) is 0.282. The summed E-state index contributed by atoms with van der Waals surface area (Å²) in [6.45, 7) is 0. The fourth-order valence-electron chi connectivity index (χ4n) is 4.03. The van der Waals surface area contributed by atoms with Crippen molar-refractivity contribution in [2.45, 2.75) is 24.2 Å². The zero-order chi connectivity index (χ0) is 24.2. The maximum absolute atomic E-state index is 14.3. The Bertz CT molecular complexity index is 1300. The molecule has 0 spiro atoms. The number of aromatic nitrogens is 1. The zero-order valence-corrected chi connectivity index (χ0v) is 18.1. The summed E-state index contributed by atoms with van der Waals surface area (Å²) in [7, 11) is 0. The molecular weight excluding hydrogens is 518 g/mol. The van der Waals surface area contributed by atoms with Gasteiger partial charge in [-0.25, -0.2) is 4.98 Å². The predicted octanol–water partition coefficient (Wildman–Crippen LogP) is 5.04. The molecule has 0 radical (unpaired) electrons. The lowest BCUT2D eigenvalue weighted by Crippen LogP contribution is -2.59. The molecule has 1 aliphatic rings. The number of nitrogen functional groups attached to an aromatic ring is 1. The van der Waals surface area contributed by atoms with Crippen molar-refractivity contribution < 1.29 is 35.9 Å². The van der Waals surface area contributed by atoms with Crippen LogP contribution >= 0.6 is 15.9 Å². The number of phenols is 1. The molecule has 0 amide bonds. The van der Waals surface area contributed by atoms with Crippen LogP contribution in [0.2, 0.25) is 0 Å². The first-order valence-electron chi connectivity index (χ1n) is 9.52. The Morgan fingerprint density at radius 1 is 1.00 bits per heavy atom. The van der Waals surface area contributed by atoms with E-state index in [2.05, 4.69) is 20.9 Å². The second-order valence-corrected chi connectivity index (χ2v) is 8.48. The van der Waals surface area contributed by atoms with Crippen LogP contribution in [0.1, 0.15) is 12.0 Å². The molecule has 0 saturated carbocycles. The molecule has 3 aromatic rings. The third-order valence-electron chi connectivity index (χ3n) is 5.63. The topological polar surface area (TPSA) is 72.3 Å². The zero-order valence-electron chi connectivity index (χ0n) is 16.5. The Labute approximate surface area is 191 Å². The molecule has 4 rings (SSSR count). The van der Waals surface area contributed by atoms with Crippen LogP contribution in [0.25, 0.3) is 23.6 Å². The number of fused-ring (bicyclic) bond motifs is 1. The molecule has 1 aromatic heterocycles. The van der Waals surface area contributed by atoms with Crippen molar-refractivity contribution in [3.8, 4) is 17.2 Å². The lowest BCUT2D eigenvalue weighted by Gasteiger charge is -2.42. The predicted molar refractivity (Wildman–Crippen MR) is 112 cm³/mol. The van der Waals surface area contributed by atoms with Gasteiger partial charge in [0.05, 0.1) is 5.69 Å². The maximum atomic E-state index is 14.3. The monoisotopic (exact) mass is 532 g/mol. The first-order valence-corrected chi connectivity index (χ1v) is 10.3. The van der Waals surface area contributed by atoms with Gasteiger partial charge in [0, 0.05) is 16.0 Å². The van der Waals surface area contributed by atoms with Gasteiger partial charge in [0.15, 0.2) is 10.8 Å². The van der Waals surface area contributed by atoms with E-state index in [1.54, 1.807) is 24.3 Å². The molecule has 0 bridgehead atoms. The van der Waals surface area contributed by atoms with E-state index in [1.807, 2.05) is 0 Å². The van der Waals surface area contributed by atoms with Gasteiger partial charge in [-0.1, -0.05) is 28.1 Å². The van der Waals surface area contributed by atoms with Crippen molar-refractivity contribution in [2.75, 3.05) is 5.73 Å². The molecule has 0 aliphatic heterocycles. The number of hydrogen-bond donors (Lipinski definition) is 2. The molecule has 0 saturated heterocycles. The maximum Gasteiger partial charge on any atom is 0.407 e. The molecule has 3 N–H and O–H groups in total. The number of hydrogen-bond acceptors (Lipinski definition) is 4. The number of benzene rings is 2. The van der Waals surface area contributed by atoms with Gasteiger partial charge in [-0.15, -0.1) is 0 Å².